The van der Waals surface area contributed by atoms with E-state index in [-0.39, 0.29) is 17.7 Å². The summed E-state index contributed by atoms with van der Waals surface area (Å²) in [6.45, 7) is 2.48. The minimum Gasteiger partial charge on any atom is -0.318 e. The Labute approximate surface area is 167 Å². The molecule has 0 bridgehead atoms. The number of halogens is 4. The van der Waals surface area contributed by atoms with Crippen LogP contribution in [0.2, 0.25) is 0 Å². The third kappa shape index (κ3) is 3.70. The summed E-state index contributed by atoms with van der Waals surface area (Å²) >= 11 is 0. The smallest absolute Gasteiger partial charge is 0.318 e. The summed E-state index contributed by atoms with van der Waals surface area (Å²) in [7, 11) is 0. The van der Waals surface area contributed by atoms with Gasteiger partial charge < -0.3 is 4.57 Å². The van der Waals surface area contributed by atoms with E-state index >= 15 is 0 Å². The van der Waals surface area contributed by atoms with Gasteiger partial charge in [-0.3, -0.25) is 14.5 Å². The molecular weight excluding hydrogens is 404 g/mol. The van der Waals surface area contributed by atoms with Crippen molar-refractivity contribution >= 4 is 11.2 Å². The van der Waals surface area contributed by atoms with Crippen LogP contribution in [-0.4, -0.2) is 29.3 Å². The molecule has 0 aliphatic carbocycles. The van der Waals surface area contributed by atoms with E-state index < -0.39 is 23.4 Å². The number of benzene rings is 1. The highest BCUT2D eigenvalue weighted by molar-refractivity contribution is 5.76. The van der Waals surface area contributed by atoms with Crippen LogP contribution in [-0.2, 0) is 19.3 Å². The van der Waals surface area contributed by atoms with E-state index in [4.69, 9.17) is 0 Å². The molecule has 11 heteroatoms. The van der Waals surface area contributed by atoms with E-state index in [1.54, 1.807) is 16.8 Å². The van der Waals surface area contributed by atoms with Crippen molar-refractivity contribution in [2.75, 3.05) is 0 Å². The molecule has 3 aromatic heterocycles. The Morgan fingerprint density at radius 1 is 1.20 bits per heavy atom. The van der Waals surface area contributed by atoms with E-state index in [0.29, 0.717) is 29.9 Å². The molecule has 0 atom stereocenters. The summed E-state index contributed by atoms with van der Waals surface area (Å²) in [5, 5.41) is 4.19. The van der Waals surface area contributed by atoms with Gasteiger partial charge in [0.05, 0.1) is 23.9 Å². The Morgan fingerprint density at radius 3 is 2.73 bits per heavy atom. The second-order valence-corrected chi connectivity index (χ2v) is 6.74. The topological polar surface area (TPSA) is 81.4 Å². The summed E-state index contributed by atoms with van der Waals surface area (Å²) in [6.07, 6.45) is -1.66. The molecule has 0 spiro atoms. The number of rotatable bonds is 5. The lowest BCUT2D eigenvalue weighted by atomic mass is 10.1. The maximum atomic E-state index is 13.5. The molecule has 4 rings (SSSR count). The van der Waals surface area contributed by atoms with Gasteiger partial charge in [-0.15, -0.1) is 0 Å². The van der Waals surface area contributed by atoms with Crippen LogP contribution < -0.4 is 5.56 Å². The molecule has 7 nitrogen and oxygen atoms in total. The number of hydrogen-bond donors (Lipinski definition) is 1. The summed E-state index contributed by atoms with van der Waals surface area (Å²) in [5.74, 6) is 0.380. The standard InChI is InChI=1S/C19H16F4N6O/c1-2-6-29-14-15(26-18(20)27-17(14)30)25-16(29)12-8-24-28(10-12)9-11-4-3-5-13(7-11)19(21,22)23/h3-5,7-8,10H,2,6,9H2,1H3,(H,26,27,30). The van der Waals surface area contributed by atoms with Gasteiger partial charge in [-0.25, -0.2) is 4.98 Å². The van der Waals surface area contributed by atoms with Gasteiger partial charge in [0.25, 0.3) is 11.6 Å². The largest absolute Gasteiger partial charge is 0.416 e. The van der Waals surface area contributed by atoms with Crippen molar-refractivity contribution in [2.45, 2.75) is 32.6 Å². The number of nitrogens with zero attached hydrogens (tertiary/aromatic N) is 5. The van der Waals surface area contributed by atoms with E-state index in [2.05, 4.69) is 15.1 Å². The number of aryl methyl sites for hydroxylation is 1. The fourth-order valence-electron chi connectivity index (χ4n) is 3.28. The van der Waals surface area contributed by atoms with E-state index in [9.17, 15) is 22.4 Å². The van der Waals surface area contributed by atoms with Crippen LogP contribution in [0.5, 0.6) is 0 Å². The van der Waals surface area contributed by atoms with Gasteiger partial charge >= 0.3 is 6.18 Å². The number of imidazole rings is 1. The summed E-state index contributed by atoms with van der Waals surface area (Å²) in [4.78, 5) is 22.1. The lowest BCUT2D eigenvalue weighted by Crippen LogP contribution is -2.14. The van der Waals surface area contributed by atoms with Crippen molar-refractivity contribution in [3.63, 3.8) is 0 Å². The quantitative estimate of drug-likeness (QED) is 0.395. The summed E-state index contributed by atoms with van der Waals surface area (Å²) < 4.78 is 55.3. The first-order valence-electron chi connectivity index (χ1n) is 9.11. The number of hydrogen-bond acceptors (Lipinski definition) is 4. The van der Waals surface area contributed by atoms with Gasteiger partial charge in [0.2, 0.25) is 0 Å². The molecule has 1 N–H and O–H groups in total. The zero-order chi connectivity index (χ0) is 21.5. The van der Waals surface area contributed by atoms with Gasteiger partial charge in [0.1, 0.15) is 5.82 Å². The third-order valence-corrected chi connectivity index (χ3v) is 4.52. The number of alkyl halides is 3. The minimum atomic E-state index is -4.42. The molecule has 1 aromatic carbocycles. The van der Waals surface area contributed by atoms with E-state index in [1.807, 2.05) is 11.9 Å². The fourth-order valence-corrected chi connectivity index (χ4v) is 3.28. The average Bonchev–Trinajstić information content (AvgIpc) is 3.26. The fraction of sp³-hybridized carbons (Fsp3) is 0.263. The molecule has 0 fully saturated rings. The van der Waals surface area contributed by atoms with Gasteiger partial charge in [-0.05, 0) is 24.1 Å². The molecule has 156 valence electrons. The van der Waals surface area contributed by atoms with Crippen LogP contribution in [0.4, 0.5) is 17.6 Å². The van der Waals surface area contributed by atoms with Crippen molar-refractivity contribution in [3.05, 3.63) is 64.2 Å². The number of H-pyrrole nitrogens is 1. The minimum absolute atomic E-state index is 0.0228. The van der Waals surface area contributed by atoms with Crippen molar-refractivity contribution in [1.82, 2.24) is 29.3 Å². The molecule has 0 unspecified atom stereocenters. The maximum absolute atomic E-state index is 13.5. The Kier molecular flexibility index (Phi) is 4.88. The van der Waals surface area contributed by atoms with Crippen LogP contribution in [0, 0.1) is 6.08 Å². The first-order valence-corrected chi connectivity index (χ1v) is 9.11. The van der Waals surface area contributed by atoms with Crippen molar-refractivity contribution in [2.24, 2.45) is 0 Å². The molecule has 30 heavy (non-hydrogen) atoms. The zero-order valence-electron chi connectivity index (χ0n) is 15.7. The highest BCUT2D eigenvalue weighted by Crippen LogP contribution is 2.30. The second-order valence-electron chi connectivity index (χ2n) is 6.74. The molecule has 0 saturated carbocycles. The first-order chi connectivity index (χ1) is 14.3. The van der Waals surface area contributed by atoms with Crippen molar-refractivity contribution in [1.29, 1.82) is 0 Å². The second kappa shape index (κ2) is 7.39. The van der Waals surface area contributed by atoms with E-state index in [1.165, 1.54) is 16.9 Å². The maximum Gasteiger partial charge on any atom is 0.416 e. The summed E-state index contributed by atoms with van der Waals surface area (Å²) in [6, 6.07) is 5.00. The molecular formula is C19H16F4N6O. The van der Waals surface area contributed by atoms with Gasteiger partial charge in [-0.1, -0.05) is 19.1 Å². The molecule has 3 heterocycles. The molecule has 0 aliphatic rings. The van der Waals surface area contributed by atoms with Crippen molar-refractivity contribution < 1.29 is 17.6 Å². The Morgan fingerprint density at radius 2 is 2.00 bits per heavy atom. The van der Waals surface area contributed by atoms with Crippen LogP contribution in [0.1, 0.15) is 24.5 Å². The SMILES string of the molecule is CCCn1c(-c2cnn(Cc3cccc(C(F)(F)F)c3)c2)nc2nc(F)[nH]c(=O)c21. The average molecular weight is 420 g/mol. The Bertz CT molecular complexity index is 1270. The monoisotopic (exact) mass is 420 g/mol. The van der Waals surface area contributed by atoms with Gasteiger partial charge in [-0.2, -0.15) is 27.6 Å². The molecule has 0 radical (unpaired) electrons. The van der Waals surface area contributed by atoms with Gasteiger partial charge in [0.15, 0.2) is 11.2 Å². The number of fused-ring (bicyclic) bond motifs is 1. The highest BCUT2D eigenvalue weighted by atomic mass is 19.4. The van der Waals surface area contributed by atoms with Crippen LogP contribution in [0.15, 0.2) is 41.5 Å². The Hall–Kier alpha value is -3.50. The van der Waals surface area contributed by atoms with Crippen molar-refractivity contribution in [3.8, 4) is 11.4 Å². The molecule has 0 saturated heterocycles. The molecule has 0 aliphatic heterocycles. The van der Waals surface area contributed by atoms with Crippen LogP contribution in [0.3, 0.4) is 0 Å². The number of nitrogens with one attached hydrogen (secondary N) is 1. The predicted octanol–water partition coefficient (Wildman–Crippen LogP) is 3.60. The first kappa shape index (κ1) is 19.8. The lowest BCUT2D eigenvalue weighted by Gasteiger charge is -2.08. The number of aromatic nitrogens is 6. The normalized spacial score (nSPS) is 12.0. The Balaban J connectivity index is 1.71. The van der Waals surface area contributed by atoms with Crippen LogP contribution >= 0.6 is 0 Å². The summed E-state index contributed by atoms with van der Waals surface area (Å²) in [5.41, 5.74) is -0.273. The number of aromatic amines is 1. The molecule has 0 amide bonds. The van der Waals surface area contributed by atoms with E-state index in [0.717, 1.165) is 12.1 Å². The van der Waals surface area contributed by atoms with Crippen LogP contribution in [0.25, 0.3) is 22.6 Å². The lowest BCUT2D eigenvalue weighted by molar-refractivity contribution is -0.137. The predicted molar refractivity (Wildman–Crippen MR) is 100 cm³/mol. The molecule has 4 aromatic rings. The third-order valence-electron chi connectivity index (χ3n) is 4.52. The zero-order valence-corrected chi connectivity index (χ0v) is 15.7. The highest BCUT2D eigenvalue weighted by Gasteiger charge is 2.30. The van der Waals surface area contributed by atoms with Gasteiger partial charge in [0, 0.05) is 12.7 Å².